The number of hydrogen-bond donors (Lipinski definition) is 1. The number of alkyl halides is 3. The lowest BCUT2D eigenvalue weighted by Crippen LogP contribution is -2.35. The van der Waals surface area contributed by atoms with Gasteiger partial charge in [0.1, 0.15) is 23.5 Å². The number of carboxylic acid groups (broad SMARTS) is 1. The van der Waals surface area contributed by atoms with E-state index in [1.165, 1.54) is 0 Å². The number of hydrogen-bond acceptors (Lipinski definition) is 4. The molecule has 2 heterocycles. The summed E-state index contributed by atoms with van der Waals surface area (Å²) in [5.74, 6) is -1.73. The van der Waals surface area contributed by atoms with Gasteiger partial charge in [-0.3, -0.25) is 0 Å². The van der Waals surface area contributed by atoms with Crippen LogP contribution in [0, 0.1) is 5.82 Å². The first-order chi connectivity index (χ1) is 11.8. The van der Waals surface area contributed by atoms with Crippen molar-refractivity contribution in [2.45, 2.75) is 19.1 Å². The van der Waals surface area contributed by atoms with E-state index in [-0.39, 0.29) is 25.4 Å². The normalized spacial score (nSPS) is 14.2. The van der Waals surface area contributed by atoms with Crippen LogP contribution >= 0.6 is 0 Å². The summed E-state index contributed by atoms with van der Waals surface area (Å²) in [4.78, 5) is 19.9. The van der Waals surface area contributed by atoms with Gasteiger partial charge >= 0.3 is 12.3 Å². The van der Waals surface area contributed by atoms with Crippen molar-refractivity contribution in [3.05, 3.63) is 47.2 Å². The molecule has 3 rings (SSSR count). The minimum absolute atomic E-state index is 0.0148. The summed E-state index contributed by atoms with van der Waals surface area (Å²) in [5.41, 5.74) is -0.477. The van der Waals surface area contributed by atoms with Crippen LogP contribution in [0.4, 0.5) is 22.4 Å². The first kappa shape index (κ1) is 16.9. The van der Waals surface area contributed by atoms with E-state index in [0.717, 1.165) is 23.4 Å². The summed E-state index contributed by atoms with van der Waals surface area (Å²) in [5, 5.41) is 9.01. The monoisotopic (exact) mass is 357 g/mol. The lowest BCUT2D eigenvalue weighted by molar-refractivity contribution is -0.138. The van der Waals surface area contributed by atoms with Gasteiger partial charge in [-0.25, -0.2) is 19.2 Å². The van der Waals surface area contributed by atoms with Gasteiger partial charge in [-0.2, -0.15) is 13.2 Å². The number of carbonyl (C=O) groups is 1. The Morgan fingerprint density at radius 3 is 2.72 bits per heavy atom. The van der Waals surface area contributed by atoms with E-state index in [0.29, 0.717) is 17.3 Å². The average Bonchev–Trinajstić information content (AvgIpc) is 2.55. The summed E-state index contributed by atoms with van der Waals surface area (Å²) in [6.45, 7) is 0.126. The van der Waals surface area contributed by atoms with E-state index >= 15 is 0 Å². The third kappa shape index (κ3) is 3.47. The van der Waals surface area contributed by atoms with Crippen LogP contribution in [0.1, 0.15) is 16.8 Å². The van der Waals surface area contributed by atoms with Crippen molar-refractivity contribution in [2.75, 3.05) is 6.54 Å². The summed E-state index contributed by atoms with van der Waals surface area (Å²) in [6, 6.07) is 2.07. The predicted molar refractivity (Wildman–Crippen MR) is 75.6 cm³/mol. The summed E-state index contributed by atoms with van der Waals surface area (Å²) in [7, 11) is 0. The molecule has 6 nitrogen and oxygen atoms in total. The summed E-state index contributed by atoms with van der Waals surface area (Å²) < 4.78 is 57.6. The van der Waals surface area contributed by atoms with Gasteiger partial charge in [0.05, 0.1) is 12.2 Å². The number of fused-ring (bicyclic) bond motifs is 1. The first-order valence-corrected chi connectivity index (χ1v) is 7.11. The number of benzene rings is 1. The Labute approximate surface area is 138 Å². The number of nitrogens with zero attached hydrogens (tertiary/aromatic N) is 3. The Hall–Kier alpha value is -2.91. The minimum Gasteiger partial charge on any atom is -0.465 e. The molecule has 0 aliphatic carbocycles. The van der Waals surface area contributed by atoms with E-state index < -0.39 is 29.4 Å². The maximum absolute atomic E-state index is 13.2. The molecule has 0 saturated carbocycles. The van der Waals surface area contributed by atoms with Crippen LogP contribution in [0.3, 0.4) is 0 Å². The lowest BCUT2D eigenvalue weighted by Gasteiger charge is -2.26. The minimum atomic E-state index is -4.80. The predicted octanol–water partition coefficient (Wildman–Crippen LogP) is 3.46. The van der Waals surface area contributed by atoms with Crippen LogP contribution in [0.15, 0.2) is 24.5 Å². The molecule has 0 atom stereocenters. The average molecular weight is 357 g/mol. The van der Waals surface area contributed by atoms with Crippen LogP contribution in [-0.4, -0.2) is 32.6 Å². The Bertz CT molecular complexity index is 826. The molecule has 1 aliphatic rings. The van der Waals surface area contributed by atoms with Gasteiger partial charge in [0, 0.05) is 12.1 Å². The lowest BCUT2D eigenvalue weighted by atomic mass is 10.1. The third-order valence-electron chi connectivity index (χ3n) is 3.69. The smallest absolute Gasteiger partial charge is 0.420 e. The quantitative estimate of drug-likeness (QED) is 0.833. The second-order valence-electron chi connectivity index (χ2n) is 5.30. The molecule has 1 N–H and O–H groups in total. The van der Waals surface area contributed by atoms with Gasteiger partial charge in [0.15, 0.2) is 0 Å². The molecular weight excluding hydrogens is 346 g/mol. The highest BCUT2D eigenvalue weighted by Gasteiger charge is 2.35. The molecule has 10 heteroatoms. The fourth-order valence-electron chi connectivity index (χ4n) is 2.49. The maximum atomic E-state index is 13.2. The topological polar surface area (TPSA) is 75.5 Å². The van der Waals surface area contributed by atoms with Gasteiger partial charge in [-0.15, -0.1) is 0 Å². The van der Waals surface area contributed by atoms with Gasteiger partial charge in [-0.1, -0.05) is 0 Å². The Balaban J connectivity index is 1.96. The molecule has 0 spiro atoms. The molecule has 132 valence electrons. The standard InChI is InChI=1S/C15H11F4N3O3/c16-8-1-2-12(10(5-8)15(17,18)19)25-13-9-3-4-22(14(23)24)6-11(9)20-7-21-13/h1-2,5,7H,3-4,6H2,(H,23,24). The second kappa shape index (κ2) is 6.19. The third-order valence-corrected chi connectivity index (χ3v) is 3.69. The highest BCUT2D eigenvalue weighted by molar-refractivity contribution is 5.65. The van der Waals surface area contributed by atoms with Crippen molar-refractivity contribution in [3.63, 3.8) is 0 Å². The van der Waals surface area contributed by atoms with Crippen LogP contribution in [-0.2, 0) is 19.1 Å². The summed E-state index contributed by atoms with van der Waals surface area (Å²) >= 11 is 0. The molecule has 1 aromatic heterocycles. The van der Waals surface area contributed by atoms with Crippen LogP contribution < -0.4 is 4.74 Å². The zero-order valence-electron chi connectivity index (χ0n) is 12.5. The largest absolute Gasteiger partial charge is 0.465 e. The SMILES string of the molecule is O=C(O)N1CCc2c(ncnc2Oc2ccc(F)cc2C(F)(F)F)C1. The van der Waals surface area contributed by atoms with Crippen LogP contribution in [0.2, 0.25) is 0 Å². The van der Waals surface area contributed by atoms with Crippen molar-refractivity contribution in [3.8, 4) is 11.6 Å². The van der Waals surface area contributed by atoms with Crippen molar-refractivity contribution in [1.82, 2.24) is 14.9 Å². The van der Waals surface area contributed by atoms with Gasteiger partial charge in [0.2, 0.25) is 5.88 Å². The highest BCUT2D eigenvalue weighted by atomic mass is 19.4. The van der Waals surface area contributed by atoms with E-state index in [2.05, 4.69) is 9.97 Å². The molecular formula is C15H11F4N3O3. The molecule has 0 bridgehead atoms. The molecule has 0 fully saturated rings. The molecule has 2 aromatic rings. The van der Waals surface area contributed by atoms with E-state index in [1.807, 2.05) is 0 Å². The van der Waals surface area contributed by atoms with Crippen molar-refractivity contribution < 1.29 is 32.2 Å². The Kier molecular flexibility index (Phi) is 4.19. The fourth-order valence-corrected chi connectivity index (χ4v) is 2.49. The Morgan fingerprint density at radius 2 is 2.04 bits per heavy atom. The zero-order valence-corrected chi connectivity index (χ0v) is 12.5. The number of amides is 1. The van der Waals surface area contributed by atoms with E-state index in [4.69, 9.17) is 9.84 Å². The van der Waals surface area contributed by atoms with Crippen molar-refractivity contribution in [2.24, 2.45) is 0 Å². The molecule has 0 unspecified atom stereocenters. The van der Waals surface area contributed by atoms with E-state index in [9.17, 15) is 22.4 Å². The van der Waals surface area contributed by atoms with Crippen molar-refractivity contribution in [1.29, 1.82) is 0 Å². The van der Waals surface area contributed by atoms with Gasteiger partial charge < -0.3 is 14.7 Å². The maximum Gasteiger partial charge on any atom is 0.420 e. The van der Waals surface area contributed by atoms with Gasteiger partial charge in [0.25, 0.3) is 0 Å². The molecule has 0 radical (unpaired) electrons. The number of rotatable bonds is 2. The molecule has 1 amide bonds. The summed E-state index contributed by atoms with van der Waals surface area (Å²) in [6.07, 6.45) is -4.65. The molecule has 1 aliphatic heterocycles. The number of aromatic nitrogens is 2. The molecule has 0 saturated heterocycles. The number of halogens is 4. The van der Waals surface area contributed by atoms with Gasteiger partial charge in [-0.05, 0) is 24.6 Å². The van der Waals surface area contributed by atoms with E-state index in [1.54, 1.807) is 0 Å². The van der Waals surface area contributed by atoms with Crippen LogP contribution in [0.5, 0.6) is 11.6 Å². The molecule has 1 aromatic carbocycles. The molecule has 25 heavy (non-hydrogen) atoms. The highest BCUT2D eigenvalue weighted by Crippen LogP contribution is 2.39. The fraction of sp³-hybridized carbons (Fsp3) is 0.267. The number of ether oxygens (including phenoxy) is 1. The van der Waals surface area contributed by atoms with Crippen molar-refractivity contribution >= 4 is 6.09 Å². The van der Waals surface area contributed by atoms with Crippen LogP contribution in [0.25, 0.3) is 0 Å². The zero-order chi connectivity index (χ0) is 18.2. The second-order valence-corrected chi connectivity index (χ2v) is 5.30. The Morgan fingerprint density at radius 1 is 1.28 bits per heavy atom. The first-order valence-electron chi connectivity index (χ1n) is 7.11.